The van der Waals surface area contributed by atoms with Gasteiger partial charge in [0, 0.05) is 0 Å². The Morgan fingerprint density at radius 3 is 2.44 bits per heavy atom. The highest BCUT2D eigenvalue weighted by atomic mass is 35.5. The van der Waals surface area contributed by atoms with Gasteiger partial charge in [-0.15, -0.1) is 10.2 Å². The number of hydrogen-bond acceptors (Lipinski definition) is 5. The molecule has 0 unspecified atom stereocenters. The average Bonchev–Trinajstić information content (AvgIpc) is 3.11. The number of carbonyl (C=O) groups excluding carboxylic acids is 1. The molecule has 0 aliphatic carbocycles. The van der Waals surface area contributed by atoms with Gasteiger partial charge in [-0.2, -0.15) is 13.2 Å². The second-order valence-corrected chi connectivity index (χ2v) is 7.89. The molecule has 0 spiro atoms. The van der Waals surface area contributed by atoms with E-state index in [1.165, 1.54) is 13.8 Å². The van der Waals surface area contributed by atoms with Crippen LogP contribution in [-0.4, -0.2) is 32.7 Å². The Balaban J connectivity index is 0.00000363. The number of carbonyl (C=O) groups is 1. The van der Waals surface area contributed by atoms with Crippen molar-refractivity contribution in [3.8, 4) is 0 Å². The topological polar surface area (TPSA) is 94.5 Å². The first kappa shape index (κ1) is 25.6. The zero-order valence-corrected chi connectivity index (χ0v) is 17.5. The summed E-state index contributed by atoms with van der Waals surface area (Å²) >= 11 is 6.06. The number of nitrogens with zero attached hydrogens (tertiary/aromatic N) is 3. The van der Waals surface area contributed by atoms with Crippen molar-refractivity contribution < 1.29 is 22.7 Å². The van der Waals surface area contributed by atoms with Crippen LogP contribution in [0.25, 0.3) is 5.65 Å². The Kier molecular flexibility index (Phi) is 7.87. The van der Waals surface area contributed by atoms with E-state index in [9.17, 15) is 18.0 Å². The Bertz CT molecular complexity index is 1060. The van der Waals surface area contributed by atoms with E-state index in [2.05, 4.69) is 15.5 Å². The highest BCUT2D eigenvalue weighted by Crippen LogP contribution is 2.35. The van der Waals surface area contributed by atoms with E-state index in [4.69, 9.17) is 22.1 Å². The number of aromatic nitrogens is 3. The lowest BCUT2D eigenvalue weighted by molar-refractivity contribution is -0.137. The van der Waals surface area contributed by atoms with Gasteiger partial charge in [-0.3, -0.25) is 9.20 Å². The molecule has 3 aromatic rings. The number of ether oxygens (including phenoxy) is 1. The van der Waals surface area contributed by atoms with Crippen molar-refractivity contribution in [1.82, 2.24) is 19.9 Å². The van der Waals surface area contributed by atoms with Crippen molar-refractivity contribution in [2.75, 3.05) is 6.61 Å². The summed E-state index contributed by atoms with van der Waals surface area (Å²) in [6.45, 7) is 3.13. The quantitative estimate of drug-likeness (QED) is 0.505. The zero-order chi connectivity index (χ0) is 22.8. The van der Waals surface area contributed by atoms with Crippen LogP contribution in [0.5, 0.6) is 0 Å². The van der Waals surface area contributed by atoms with Gasteiger partial charge in [-0.05, 0) is 31.5 Å². The molecule has 1 aromatic carbocycles. The molecule has 0 fully saturated rings. The number of alkyl halides is 3. The smallest absolute Gasteiger partial charge is 0.374 e. The molecule has 1 amide bonds. The largest absolute Gasteiger partial charge is 0.419 e. The van der Waals surface area contributed by atoms with Crippen LogP contribution in [0, 0.1) is 0 Å². The molecule has 1 atom stereocenters. The molecule has 32 heavy (non-hydrogen) atoms. The van der Waals surface area contributed by atoms with Crippen molar-refractivity contribution in [2.45, 2.75) is 45.6 Å². The number of amides is 1. The lowest BCUT2D eigenvalue weighted by Crippen LogP contribution is -2.51. The molecule has 174 valence electrons. The van der Waals surface area contributed by atoms with Crippen LogP contribution >= 0.6 is 11.6 Å². The number of pyridine rings is 1. The maximum atomic E-state index is 13.3. The van der Waals surface area contributed by atoms with Gasteiger partial charge in [0.05, 0.1) is 24.3 Å². The number of benzene rings is 1. The Hall–Kier alpha value is -2.69. The first-order valence-electron chi connectivity index (χ1n) is 9.30. The van der Waals surface area contributed by atoms with Gasteiger partial charge in [0.25, 0.3) is 0 Å². The molecule has 0 saturated heterocycles. The molecule has 0 bridgehead atoms. The van der Waals surface area contributed by atoms with E-state index in [0.29, 0.717) is 0 Å². The summed E-state index contributed by atoms with van der Waals surface area (Å²) in [7, 11) is 0. The highest BCUT2D eigenvalue weighted by molar-refractivity contribution is 6.30. The van der Waals surface area contributed by atoms with Crippen LogP contribution < -0.4 is 11.1 Å². The molecule has 0 aliphatic heterocycles. The second-order valence-electron chi connectivity index (χ2n) is 7.54. The fourth-order valence-electron chi connectivity index (χ4n) is 2.80. The fraction of sp³-hybridized carbons (Fsp3) is 0.381. The summed E-state index contributed by atoms with van der Waals surface area (Å²) in [4.78, 5) is 12.5. The molecule has 3 rings (SSSR count). The molecule has 2 aromatic heterocycles. The van der Waals surface area contributed by atoms with Gasteiger partial charge in [0.1, 0.15) is 11.2 Å². The van der Waals surface area contributed by atoms with E-state index < -0.39 is 34.4 Å². The van der Waals surface area contributed by atoms with Crippen LogP contribution in [0.2, 0.25) is 5.15 Å². The molecular formula is C21H25ClF3N5O2. The van der Waals surface area contributed by atoms with Gasteiger partial charge in [-0.25, -0.2) is 0 Å². The number of halogens is 4. The number of hydrogen-bond donors (Lipinski definition) is 2. The number of nitrogens with two attached hydrogens (primary N) is 1. The Morgan fingerprint density at radius 1 is 1.19 bits per heavy atom. The van der Waals surface area contributed by atoms with Crippen LogP contribution in [0.4, 0.5) is 13.2 Å². The Labute approximate surface area is 188 Å². The van der Waals surface area contributed by atoms with E-state index in [-0.39, 0.29) is 32.1 Å². The van der Waals surface area contributed by atoms with Crippen molar-refractivity contribution in [2.24, 2.45) is 5.73 Å². The van der Waals surface area contributed by atoms with E-state index in [1.807, 2.05) is 30.3 Å². The fourth-order valence-corrected chi connectivity index (χ4v) is 3.14. The SMILES string of the molecule is C.CC(C)(N)C(=O)N[C@H](COCc1ccccc1)c1nnc2ccc(C(F)(F)F)c(Cl)n12. The normalized spacial score (nSPS) is 13.0. The third kappa shape index (κ3) is 5.76. The van der Waals surface area contributed by atoms with Crippen molar-refractivity contribution in [3.05, 3.63) is 64.6 Å². The summed E-state index contributed by atoms with van der Waals surface area (Å²) in [5, 5.41) is 9.91. The van der Waals surface area contributed by atoms with Crippen LogP contribution in [0.3, 0.4) is 0 Å². The third-order valence-corrected chi connectivity index (χ3v) is 4.81. The summed E-state index contributed by atoms with van der Waals surface area (Å²) in [6, 6.07) is 10.3. The van der Waals surface area contributed by atoms with Gasteiger partial charge in [0.15, 0.2) is 11.5 Å². The monoisotopic (exact) mass is 471 g/mol. The minimum Gasteiger partial charge on any atom is -0.374 e. The minimum atomic E-state index is -4.67. The van der Waals surface area contributed by atoms with Crippen molar-refractivity contribution >= 4 is 23.2 Å². The van der Waals surface area contributed by atoms with Gasteiger partial charge in [0.2, 0.25) is 5.91 Å². The molecule has 11 heteroatoms. The van der Waals surface area contributed by atoms with Crippen LogP contribution in [-0.2, 0) is 22.3 Å². The third-order valence-electron chi connectivity index (χ3n) is 4.43. The zero-order valence-electron chi connectivity index (χ0n) is 16.8. The first-order chi connectivity index (χ1) is 14.5. The predicted molar refractivity (Wildman–Crippen MR) is 115 cm³/mol. The summed E-state index contributed by atoms with van der Waals surface area (Å²) in [5.41, 5.74) is 4.56. The van der Waals surface area contributed by atoms with Crippen LogP contribution in [0.15, 0.2) is 42.5 Å². The lowest BCUT2D eigenvalue weighted by Gasteiger charge is -2.24. The first-order valence-corrected chi connectivity index (χ1v) is 9.68. The Morgan fingerprint density at radius 2 is 1.84 bits per heavy atom. The number of nitrogens with one attached hydrogen (secondary N) is 1. The maximum Gasteiger partial charge on any atom is 0.419 e. The standard InChI is InChI=1S/C20H21ClF3N5O2.CH4/c1-19(2,25)18(30)26-14(11-31-10-12-6-4-3-5-7-12)17-28-27-15-9-8-13(20(22,23)24)16(21)29(15)17;/h3-9,14H,10-11,25H2,1-2H3,(H,26,30);1H4/t14-;/m1./s1. The number of fused-ring (bicyclic) bond motifs is 1. The molecule has 0 radical (unpaired) electrons. The van der Waals surface area contributed by atoms with Gasteiger partial charge in [-0.1, -0.05) is 49.4 Å². The summed E-state index contributed by atoms with van der Waals surface area (Å²) in [6.07, 6.45) is -4.67. The summed E-state index contributed by atoms with van der Waals surface area (Å²) < 4.78 is 46.7. The maximum absolute atomic E-state index is 13.3. The van der Waals surface area contributed by atoms with E-state index in [0.717, 1.165) is 22.1 Å². The number of rotatable bonds is 7. The van der Waals surface area contributed by atoms with Crippen molar-refractivity contribution in [3.63, 3.8) is 0 Å². The average molecular weight is 472 g/mol. The lowest BCUT2D eigenvalue weighted by atomic mass is 10.1. The van der Waals surface area contributed by atoms with Gasteiger partial charge < -0.3 is 15.8 Å². The van der Waals surface area contributed by atoms with E-state index >= 15 is 0 Å². The molecular weight excluding hydrogens is 447 g/mol. The minimum absolute atomic E-state index is 0. The summed E-state index contributed by atoms with van der Waals surface area (Å²) in [5.74, 6) is -0.544. The molecule has 3 N–H and O–H groups in total. The van der Waals surface area contributed by atoms with Gasteiger partial charge >= 0.3 is 6.18 Å². The molecule has 7 nitrogen and oxygen atoms in total. The highest BCUT2D eigenvalue weighted by Gasteiger charge is 2.36. The second kappa shape index (κ2) is 9.85. The molecule has 0 saturated carbocycles. The molecule has 2 heterocycles. The van der Waals surface area contributed by atoms with Crippen molar-refractivity contribution in [1.29, 1.82) is 0 Å². The predicted octanol–water partition coefficient (Wildman–Crippen LogP) is 4.15. The van der Waals surface area contributed by atoms with Crippen LogP contribution in [0.1, 0.15) is 44.3 Å². The molecule has 0 aliphatic rings. The van der Waals surface area contributed by atoms with E-state index in [1.54, 1.807) is 0 Å².